The molecule has 108 valence electrons. The van der Waals surface area contributed by atoms with E-state index in [9.17, 15) is 0 Å². The molecule has 1 heterocycles. The fourth-order valence-electron chi connectivity index (χ4n) is 1.93. The summed E-state index contributed by atoms with van der Waals surface area (Å²) in [6.45, 7) is 2.84. The molecule has 0 aliphatic heterocycles. The second-order valence-electron chi connectivity index (χ2n) is 4.82. The van der Waals surface area contributed by atoms with Crippen molar-refractivity contribution < 1.29 is 0 Å². The summed E-state index contributed by atoms with van der Waals surface area (Å²) in [6, 6.07) is 15.9. The Morgan fingerprint density at radius 1 is 1.29 bits per heavy atom. The number of likely N-dealkylation sites (N-methyl/N-ethyl adjacent to an activating group) is 1. The Bertz CT molecular complexity index is 636. The molecule has 4 nitrogen and oxygen atoms in total. The average molecular weight is 301 g/mol. The molecular formula is C16H17ClN4. The number of nitriles is 1. The minimum atomic E-state index is 0.241. The van der Waals surface area contributed by atoms with Gasteiger partial charge in [0, 0.05) is 25.3 Å². The van der Waals surface area contributed by atoms with Crippen LogP contribution in [0, 0.1) is 11.3 Å². The lowest BCUT2D eigenvalue weighted by Crippen LogP contribution is -2.34. The third-order valence-electron chi connectivity index (χ3n) is 3.36. The summed E-state index contributed by atoms with van der Waals surface area (Å²) in [5.41, 5.74) is 1.40. The van der Waals surface area contributed by atoms with Crippen molar-refractivity contribution in [2.75, 3.05) is 23.8 Å². The van der Waals surface area contributed by atoms with Crippen LogP contribution in [-0.4, -0.2) is 24.6 Å². The lowest BCUT2D eigenvalue weighted by Gasteiger charge is -2.27. The third-order valence-corrected chi connectivity index (χ3v) is 3.66. The number of halogens is 1. The highest BCUT2D eigenvalue weighted by atomic mass is 35.5. The molecule has 0 saturated carbocycles. The van der Waals surface area contributed by atoms with Crippen LogP contribution in [-0.2, 0) is 0 Å². The van der Waals surface area contributed by atoms with E-state index in [1.165, 1.54) is 0 Å². The highest BCUT2D eigenvalue weighted by Gasteiger charge is 2.10. The number of pyridine rings is 1. The Morgan fingerprint density at radius 2 is 2.00 bits per heavy atom. The van der Waals surface area contributed by atoms with Crippen molar-refractivity contribution in [1.82, 2.24) is 4.98 Å². The number of nitrogens with one attached hydrogen (secondary N) is 1. The fourth-order valence-corrected chi connectivity index (χ4v) is 2.07. The van der Waals surface area contributed by atoms with Crippen molar-refractivity contribution in [2.24, 2.45) is 0 Å². The lowest BCUT2D eigenvalue weighted by atomic mass is 10.2. The normalized spacial score (nSPS) is 11.5. The van der Waals surface area contributed by atoms with Crippen molar-refractivity contribution in [2.45, 2.75) is 13.0 Å². The number of hydrogen-bond donors (Lipinski definition) is 1. The van der Waals surface area contributed by atoms with Gasteiger partial charge in [-0.1, -0.05) is 29.8 Å². The molecule has 0 aliphatic carbocycles. The molecular weight excluding hydrogens is 284 g/mol. The maximum atomic E-state index is 8.92. The Labute approximate surface area is 130 Å². The summed E-state index contributed by atoms with van der Waals surface area (Å²) in [5, 5.41) is 12.5. The van der Waals surface area contributed by atoms with Gasteiger partial charge < -0.3 is 10.2 Å². The van der Waals surface area contributed by atoms with E-state index < -0.39 is 0 Å². The van der Waals surface area contributed by atoms with Crippen LogP contribution in [0.4, 0.5) is 11.5 Å². The van der Waals surface area contributed by atoms with E-state index in [4.69, 9.17) is 16.9 Å². The molecule has 21 heavy (non-hydrogen) atoms. The number of rotatable bonds is 5. The van der Waals surface area contributed by atoms with E-state index in [0.29, 0.717) is 17.4 Å². The molecule has 0 fully saturated rings. The zero-order chi connectivity index (χ0) is 15.2. The number of benzene rings is 1. The number of anilines is 2. The second-order valence-corrected chi connectivity index (χ2v) is 5.22. The summed E-state index contributed by atoms with van der Waals surface area (Å²) in [6.07, 6.45) is 0. The average Bonchev–Trinajstić information content (AvgIpc) is 2.53. The van der Waals surface area contributed by atoms with Crippen LogP contribution in [0.2, 0.25) is 5.02 Å². The van der Waals surface area contributed by atoms with E-state index in [1.54, 1.807) is 12.1 Å². The third kappa shape index (κ3) is 3.87. The van der Waals surface area contributed by atoms with Gasteiger partial charge in [0.05, 0.1) is 5.02 Å². The molecule has 0 spiro atoms. The molecule has 1 unspecified atom stereocenters. The predicted octanol–water partition coefficient (Wildman–Crippen LogP) is 3.54. The maximum absolute atomic E-state index is 8.92. The summed E-state index contributed by atoms with van der Waals surface area (Å²) in [4.78, 5) is 6.36. The van der Waals surface area contributed by atoms with Crippen LogP contribution in [0.15, 0.2) is 42.5 Å². The summed E-state index contributed by atoms with van der Waals surface area (Å²) < 4.78 is 0. The molecule has 2 rings (SSSR count). The molecule has 0 saturated heterocycles. The molecule has 2 aromatic rings. The summed E-state index contributed by atoms with van der Waals surface area (Å²) >= 11 is 5.87. The molecule has 1 aromatic heterocycles. The van der Waals surface area contributed by atoms with Gasteiger partial charge in [-0.2, -0.15) is 5.26 Å². The molecule has 1 atom stereocenters. The van der Waals surface area contributed by atoms with E-state index in [1.807, 2.05) is 24.3 Å². The van der Waals surface area contributed by atoms with Crippen LogP contribution >= 0.6 is 11.6 Å². The largest absolute Gasteiger partial charge is 0.370 e. The number of aromatic nitrogens is 1. The molecule has 0 bridgehead atoms. The van der Waals surface area contributed by atoms with Gasteiger partial charge in [0.15, 0.2) is 5.69 Å². The Kier molecular flexibility index (Phi) is 5.02. The van der Waals surface area contributed by atoms with Crippen LogP contribution in [0.1, 0.15) is 12.6 Å². The first-order valence-electron chi connectivity index (χ1n) is 6.70. The van der Waals surface area contributed by atoms with E-state index in [-0.39, 0.29) is 11.7 Å². The van der Waals surface area contributed by atoms with Crippen molar-refractivity contribution in [3.63, 3.8) is 0 Å². The number of hydrogen-bond acceptors (Lipinski definition) is 4. The van der Waals surface area contributed by atoms with Crippen molar-refractivity contribution in [3.05, 3.63) is 53.2 Å². The monoisotopic (exact) mass is 300 g/mol. The standard InChI is InChI=1S/C16H17ClN4/c1-12(21(2)13-6-4-3-5-7-13)11-19-16-9-8-14(17)15(10-18)20-16/h3-9,12H,11H2,1-2H3,(H,19,20). The number of para-hydroxylation sites is 1. The smallest absolute Gasteiger partial charge is 0.161 e. The van der Waals surface area contributed by atoms with Gasteiger partial charge in [0.25, 0.3) is 0 Å². The van der Waals surface area contributed by atoms with Gasteiger partial charge in [-0.15, -0.1) is 0 Å². The number of nitrogens with zero attached hydrogens (tertiary/aromatic N) is 3. The Morgan fingerprint density at radius 3 is 2.67 bits per heavy atom. The van der Waals surface area contributed by atoms with Gasteiger partial charge in [-0.25, -0.2) is 4.98 Å². The van der Waals surface area contributed by atoms with Crippen LogP contribution < -0.4 is 10.2 Å². The summed E-state index contributed by atoms with van der Waals surface area (Å²) in [5.74, 6) is 0.657. The van der Waals surface area contributed by atoms with Gasteiger partial charge in [-0.05, 0) is 31.2 Å². The zero-order valence-corrected chi connectivity index (χ0v) is 12.8. The first-order valence-corrected chi connectivity index (χ1v) is 7.08. The van der Waals surface area contributed by atoms with Gasteiger partial charge in [0.2, 0.25) is 0 Å². The van der Waals surface area contributed by atoms with Crippen LogP contribution in [0.3, 0.4) is 0 Å². The second kappa shape index (κ2) is 6.96. The predicted molar refractivity (Wildman–Crippen MR) is 86.8 cm³/mol. The summed E-state index contributed by atoms with van der Waals surface area (Å²) in [7, 11) is 2.05. The highest BCUT2D eigenvalue weighted by Crippen LogP contribution is 2.17. The van der Waals surface area contributed by atoms with E-state index in [2.05, 4.69) is 41.3 Å². The zero-order valence-electron chi connectivity index (χ0n) is 12.0. The van der Waals surface area contributed by atoms with E-state index in [0.717, 1.165) is 5.69 Å². The SMILES string of the molecule is CC(CNc1ccc(Cl)c(C#N)n1)N(C)c1ccccc1. The van der Waals surface area contributed by atoms with Crippen molar-refractivity contribution in [1.29, 1.82) is 5.26 Å². The molecule has 5 heteroatoms. The van der Waals surface area contributed by atoms with Gasteiger partial charge >= 0.3 is 0 Å². The fraction of sp³-hybridized carbons (Fsp3) is 0.250. The van der Waals surface area contributed by atoms with Crippen LogP contribution in [0.25, 0.3) is 0 Å². The maximum Gasteiger partial charge on any atom is 0.161 e. The molecule has 0 amide bonds. The van der Waals surface area contributed by atoms with Gasteiger partial charge in [0.1, 0.15) is 11.9 Å². The van der Waals surface area contributed by atoms with E-state index >= 15 is 0 Å². The molecule has 1 aromatic carbocycles. The molecule has 0 radical (unpaired) electrons. The quantitative estimate of drug-likeness (QED) is 0.917. The minimum absolute atomic E-state index is 0.241. The topological polar surface area (TPSA) is 52.0 Å². The lowest BCUT2D eigenvalue weighted by molar-refractivity contribution is 0.714. The first kappa shape index (κ1) is 15.1. The van der Waals surface area contributed by atoms with Crippen molar-refractivity contribution in [3.8, 4) is 6.07 Å². The van der Waals surface area contributed by atoms with Crippen molar-refractivity contribution >= 4 is 23.1 Å². The minimum Gasteiger partial charge on any atom is -0.370 e. The Hall–Kier alpha value is -2.25. The molecule has 0 aliphatic rings. The molecule has 1 N–H and O–H groups in total. The first-order chi connectivity index (χ1) is 10.1. The van der Waals surface area contributed by atoms with Crippen LogP contribution in [0.5, 0.6) is 0 Å². The Balaban J connectivity index is 1.98. The highest BCUT2D eigenvalue weighted by molar-refractivity contribution is 6.31. The van der Waals surface area contributed by atoms with Gasteiger partial charge in [-0.3, -0.25) is 0 Å².